The summed E-state index contributed by atoms with van der Waals surface area (Å²) in [5, 5.41) is 17.4. The van der Waals surface area contributed by atoms with E-state index in [4.69, 9.17) is 0 Å². The molecule has 3 rings (SSSR count). The van der Waals surface area contributed by atoms with E-state index in [1.54, 1.807) is 43.8 Å². The number of carbonyl (C=O) groups excluding carboxylic acids is 1. The van der Waals surface area contributed by atoms with Crippen molar-refractivity contribution in [1.82, 2.24) is 20.1 Å². The van der Waals surface area contributed by atoms with E-state index in [0.29, 0.717) is 33.5 Å². The third-order valence-electron chi connectivity index (χ3n) is 4.82. The molecular weight excluding hydrogens is 344 g/mol. The molecule has 2 heterocycles. The van der Waals surface area contributed by atoms with E-state index < -0.39 is 17.9 Å². The minimum atomic E-state index is -1.14. The molecule has 2 aromatic heterocycles. The van der Waals surface area contributed by atoms with E-state index in [2.05, 4.69) is 15.4 Å². The molecule has 0 aliphatic carbocycles. The van der Waals surface area contributed by atoms with Crippen LogP contribution in [0, 0.1) is 27.7 Å². The maximum Gasteiger partial charge on any atom is 0.330 e. The molecule has 0 bridgehead atoms. The topological polar surface area (TPSA) is 97.1 Å². The van der Waals surface area contributed by atoms with Gasteiger partial charge in [-0.2, -0.15) is 5.10 Å². The zero-order chi connectivity index (χ0) is 19.9. The highest BCUT2D eigenvalue weighted by Crippen LogP contribution is 2.24. The van der Waals surface area contributed by atoms with Crippen molar-refractivity contribution in [3.8, 4) is 0 Å². The lowest BCUT2D eigenvalue weighted by Crippen LogP contribution is -2.34. The predicted octanol–water partition coefficient (Wildman–Crippen LogP) is 2.76. The Balaban J connectivity index is 2.07. The van der Waals surface area contributed by atoms with Crippen LogP contribution in [0.25, 0.3) is 11.0 Å². The molecule has 0 aliphatic heterocycles. The molecule has 2 N–H and O–H groups in total. The molecule has 27 heavy (non-hydrogen) atoms. The Morgan fingerprint density at radius 1 is 1.19 bits per heavy atom. The zero-order valence-electron chi connectivity index (χ0n) is 16.0. The van der Waals surface area contributed by atoms with Crippen molar-refractivity contribution in [3.63, 3.8) is 0 Å². The zero-order valence-corrected chi connectivity index (χ0v) is 16.0. The van der Waals surface area contributed by atoms with Crippen LogP contribution in [0.4, 0.5) is 0 Å². The van der Waals surface area contributed by atoms with Gasteiger partial charge >= 0.3 is 5.97 Å². The molecule has 1 aromatic carbocycles. The van der Waals surface area contributed by atoms with Crippen molar-refractivity contribution in [2.75, 3.05) is 0 Å². The van der Waals surface area contributed by atoms with E-state index >= 15 is 0 Å². The largest absolute Gasteiger partial charge is 0.479 e. The van der Waals surface area contributed by atoms with Crippen LogP contribution in [0.15, 0.2) is 24.3 Å². The second-order valence-corrected chi connectivity index (χ2v) is 6.75. The number of aliphatic carboxylic acids is 1. The molecular formula is C20H22N4O3. The Kier molecular flexibility index (Phi) is 4.70. The van der Waals surface area contributed by atoms with E-state index in [1.165, 1.54) is 0 Å². The van der Waals surface area contributed by atoms with Crippen LogP contribution < -0.4 is 5.32 Å². The first-order valence-electron chi connectivity index (χ1n) is 8.61. The van der Waals surface area contributed by atoms with Crippen molar-refractivity contribution in [2.45, 2.75) is 33.7 Å². The smallest absolute Gasteiger partial charge is 0.330 e. The molecule has 0 saturated carbocycles. The number of fused-ring (bicyclic) bond motifs is 1. The SMILES string of the molecule is Cc1cc(C(=O)NC(C(=O)O)c2cccc(C)c2C)c2c(C)nn(C)c2n1. The Bertz CT molecular complexity index is 1070. The highest BCUT2D eigenvalue weighted by molar-refractivity contribution is 6.07. The van der Waals surface area contributed by atoms with Gasteiger partial charge in [0.25, 0.3) is 5.91 Å². The average molecular weight is 366 g/mol. The summed E-state index contributed by atoms with van der Waals surface area (Å²) in [5.74, 6) is -1.57. The molecule has 1 unspecified atom stereocenters. The van der Waals surface area contributed by atoms with Crippen LogP contribution in [-0.2, 0) is 11.8 Å². The van der Waals surface area contributed by atoms with Gasteiger partial charge in [-0.1, -0.05) is 18.2 Å². The molecule has 0 radical (unpaired) electrons. The summed E-state index contributed by atoms with van der Waals surface area (Å²) < 4.78 is 1.62. The highest BCUT2D eigenvalue weighted by Gasteiger charge is 2.26. The van der Waals surface area contributed by atoms with Crippen LogP contribution in [0.1, 0.15) is 44.5 Å². The van der Waals surface area contributed by atoms with Crippen molar-refractivity contribution >= 4 is 22.9 Å². The summed E-state index contributed by atoms with van der Waals surface area (Å²) in [7, 11) is 1.76. The number of hydrogen-bond donors (Lipinski definition) is 2. The van der Waals surface area contributed by atoms with Crippen molar-refractivity contribution in [2.24, 2.45) is 7.05 Å². The summed E-state index contributed by atoms with van der Waals surface area (Å²) in [6, 6.07) is 5.95. The average Bonchev–Trinajstić information content (AvgIpc) is 2.88. The maximum absolute atomic E-state index is 13.0. The molecule has 0 saturated heterocycles. The molecule has 7 heteroatoms. The summed E-state index contributed by atoms with van der Waals surface area (Å²) in [6.07, 6.45) is 0. The fourth-order valence-corrected chi connectivity index (χ4v) is 3.32. The van der Waals surface area contributed by atoms with Crippen molar-refractivity contribution in [1.29, 1.82) is 0 Å². The van der Waals surface area contributed by atoms with Gasteiger partial charge in [-0.3, -0.25) is 9.48 Å². The lowest BCUT2D eigenvalue weighted by Gasteiger charge is -2.18. The number of hydrogen-bond acceptors (Lipinski definition) is 4. The molecule has 7 nitrogen and oxygen atoms in total. The maximum atomic E-state index is 13.0. The third-order valence-corrected chi connectivity index (χ3v) is 4.82. The number of nitrogens with zero attached hydrogens (tertiary/aromatic N) is 3. The van der Waals surface area contributed by atoms with E-state index in [9.17, 15) is 14.7 Å². The van der Waals surface area contributed by atoms with E-state index in [1.807, 2.05) is 19.9 Å². The van der Waals surface area contributed by atoms with Gasteiger partial charge in [0.05, 0.1) is 16.6 Å². The number of aromatic nitrogens is 3. The Labute approximate surface area is 157 Å². The first-order chi connectivity index (χ1) is 12.7. The lowest BCUT2D eigenvalue weighted by atomic mass is 9.97. The van der Waals surface area contributed by atoms with E-state index in [-0.39, 0.29) is 0 Å². The molecule has 1 amide bonds. The van der Waals surface area contributed by atoms with Gasteiger partial charge in [-0.05, 0) is 50.5 Å². The normalized spacial score (nSPS) is 12.2. The van der Waals surface area contributed by atoms with Gasteiger partial charge in [0.15, 0.2) is 11.7 Å². The van der Waals surface area contributed by atoms with Crippen LogP contribution in [-0.4, -0.2) is 31.7 Å². The van der Waals surface area contributed by atoms with Crippen molar-refractivity contribution < 1.29 is 14.7 Å². The fraction of sp³-hybridized carbons (Fsp3) is 0.300. The lowest BCUT2D eigenvalue weighted by molar-refractivity contribution is -0.139. The van der Waals surface area contributed by atoms with Gasteiger partial charge in [0.1, 0.15) is 0 Å². The summed E-state index contributed by atoms with van der Waals surface area (Å²) in [4.78, 5) is 29.3. The van der Waals surface area contributed by atoms with Crippen molar-refractivity contribution in [3.05, 3.63) is 57.9 Å². The highest BCUT2D eigenvalue weighted by atomic mass is 16.4. The third kappa shape index (κ3) is 3.28. The Morgan fingerprint density at radius 3 is 2.56 bits per heavy atom. The number of aryl methyl sites for hydroxylation is 4. The van der Waals surface area contributed by atoms with E-state index in [0.717, 1.165) is 11.1 Å². The summed E-state index contributed by atoms with van der Waals surface area (Å²) in [5.41, 5.74) is 4.69. The first-order valence-corrected chi connectivity index (χ1v) is 8.61. The van der Waals surface area contributed by atoms with Crippen LogP contribution in [0.3, 0.4) is 0 Å². The second-order valence-electron chi connectivity index (χ2n) is 6.75. The number of carboxylic acid groups (broad SMARTS) is 1. The number of amides is 1. The molecule has 3 aromatic rings. The molecule has 0 aliphatic rings. The molecule has 1 atom stereocenters. The summed E-state index contributed by atoms with van der Waals surface area (Å²) >= 11 is 0. The number of nitrogens with one attached hydrogen (secondary N) is 1. The summed E-state index contributed by atoms with van der Waals surface area (Å²) in [6.45, 7) is 7.36. The van der Waals surface area contributed by atoms with Gasteiger partial charge < -0.3 is 10.4 Å². The molecule has 0 spiro atoms. The predicted molar refractivity (Wildman–Crippen MR) is 102 cm³/mol. The van der Waals surface area contributed by atoms with Gasteiger partial charge in [-0.25, -0.2) is 9.78 Å². The quantitative estimate of drug-likeness (QED) is 0.740. The van der Waals surface area contributed by atoms with Crippen LogP contribution in [0.2, 0.25) is 0 Å². The molecule has 0 fully saturated rings. The molecule has 140 valence electrons. The first kappa shape index (κ1) is 18.6. The monoisotopic (exact) mass is 366 g/mol. The number of pyridine rings is 1. The van der Waals surface area contributed by atoms with Crippen LogP contribution in [0.5, 0.6) is 0 Å². The minimum absolute atomic E-state index is 0.375. The number of rotatable bonds is 4. The van der Waals surface area contributed by atoms with Gasteiger partial charge in [0.2, 0.25) is 0 Å². The standard InChI is InChI=1S/C20H22N4O3/c1-10-7-6-8-14(12(10)3)17(20(26)27)22-19(25)15-9-11(2)21-18-16(15)13(4)23-24(18)5/h6-9,17H,1-5H3,(H,22,25)(H,26,27). The van der Waals surface area contributed by atoms with Gasteiger partial charge in [-0.15, -0.1) is 0 Å². The number of carboxylic acids is 1. The van der Waals surface area contributed by atoms with Crippen LogP contribution >= 0.6 is 0 Å². The van der Waals surface area contributed by atoms with Gasteiger partial charge in [0, 0.05) is 12.7 Å². The number of benzene rings is 1. The Hall–Kier alpha value is -3.22. The second kappa shape index (κ2) is 6.83. The minimum Gasteiger partial charge on any atom is -0.479 e. The fourth-order valence-electron chi connectivity index (χ4n) is 3.32. The Morgan fingerprint density at radius 2 is 1.89 bits per heavy atom. The number of carbonyl (C=O) groups is 2.